The molecule has 0 aliphatic heterocycles. The maximum absolute atomic E-state index is 12.1. The van der Waals surface area contributed by atoms with Crippen LogP contribution in [0.2, 0.25) is 0 Å². The van der Waals surface area contributed by atoms with E-state index in [0.29, 0.717) is 17.0 Å². The summed E-state index contributed by atoms with van der Waals surface area (Å²) in [7, 11) is 0. The molecule has 3 aromatic rings. The average Bonchev–Trinajstić information content (AvgIpc) is 3.09. The predicted molar refractivity (Wildman–Crippen MR) is 84.0 cm³/mol. The van der Waals surface area contributed by atoms with Gasteiger partial charge in [0.05, 0.1) is 0 Å². The zero-order valence-electron chi connectivity index (χ0n) is 13.1. The van der Waals surface area contributed by atoms with Gasteiger partial charge in [-0.05, 0) is 35.9 Å². The highest BCUT2D eigenvalue weighted by Crippen LogP contribution is 2.25. The third-order valence-corrected chi connectivity index (χ3v) is 3.32. The van der Waals surface area contributed by atoms with Gasteiger partial charge in [0.15, 0.2) is 5.69 Å². The number of nitriles is 1. The molecule has 1 heterocycles. The van der Waals surface area contributed by atoms with E-state index in [1.54, 1.807) is 18.2 Å². The van der Waals surface area contributed by atoms with Crippen LogP contribution < -0.4 is 9.47 Å². The van der Waals surface area contributed by atoms with E-state index in [0.717, 1.165) is 5.56 Å². The van der Waals surface area contributed by atoms with E-state index in [4.69, 9.17) is 10.00 Å². The smallest absolute Gasteiger partial charge is 0.489 e. The van der Waals surface area contributed by atoms with Crippen molar-refractivity contribution < 1.29 is 22.6 Å². The molecule has 1 aromatic heterocycles. The first kappa shape index (κ1) is 17.3. The van der Waals surface area contributed by atoms with Gasteiger partial charge in [-0.2, -0.15) is 15.6 Å². The Morgan fingerprint density at radius 1 is 1.04 bits per heavy atom. The van der Waals surface area contributed by atoms with E-state index >= 15 is 0 Å². The van der Waals surface area contributed by atoms with Crippen LogP contribution in [-0.2, 0) is 6.61 Å². The molecule has 6 nitrogen and oxygen atoms in total. The van der Waals surface area contributed by atoms with E-state index in [1.165, 1.54) is 24.3 Å². The van der Waals surface area contributed by atoms with E-state index in [-0.39, 0.29) is 18.1 Å². The number of aromatic amines is 1. The Balaban J connectivity index is 1.67. The van der Waals surface area contributed by atoms with Crippen molar-refractivity contribution in [2.45, 2.75) is 13.0 Å². The van der Waals surface area contributed by atoms with Crippen molar-refractivity contribution in [1.29, 1.82) is 5.26 Å². The summed E-state index contributed by atoms with van der Waals surface area (Å²) in [6, 6.07) is 14.2. The van der Waals surface area contributed by atoms with E-state index in [9.17, 15) is 13.2 Å². The Hall–Kier alpha value is -3.54. The summed E-state index contributed by atoms with van der Waals surface area (Å²) in [5.41, 5.74) is 2.11. The van der Waals surface area contributed by atoms with Crippen molar-refractivity contribution in [3.05, 3.63) is 59.8 Å². The molecule has 1 N–H and O–H groups in total. The average molecular weight is 360 g/mol. The second-order valence-electron chi connectivity index (χ2n) is 5.14. The fourth-order valence-corrected chi connectivity index (χ4v) is 2.22. The number of H-pyrrole nitrogens is 1. The Morgan fingerprint density at radius 3 is 2.46 bits per heavy atom. The number of hydrogen-bond donors (Lipinski definition) is 1. The first-order chi connectivity index (χ1) is 12.4. The number of ether oxygens (including phenoxy) is 2. The quantitative estimate of drug-likeness (QED) is 0.748. The molecular weight excluding hydrogens is 349 g/mol. The minimum Gasteiger partial charge on any atom is -0.489 e. The first-order valence-corrected chi connectivity index (χ1v) is 7.33. The Bertz CT molecular complexity index is 930. The lowest BCUT2D eigenvalue weighted by molar-refractivity contribution is -0.274. The van der Waals surface area contributed by atoms with Crippen molar-refractivity contribution in [3.63, 3.8) is 0 Å². The molecule has 0 fully saturated rings. The van der Waals surface area contributed by atoms with E-state index in [2.05, 4.69) is 20.1 Å². The Kier molecular flexibility index (Phi) is 4.75. The number of benzene rings is 2. The van der Waals surface area contributed by atoms with Crippen molar-refractivity contribution in [3.8, 4) is 28.8 Å². The normalized spacial score (nSPS) is 11.0. The number of rotatable bonds is 5. The molecule has 0 aliphatic carbocycles. The van der Waals surface area contributed by atoms with E-state index < -0.39 is 6.36 Å². The highest BCUT2D eigenvalue weighted by atomic mass is 19.4. The highest BCUT2D eigenvalue weighted by Gasteiger charge is 2.30. The van der Waals surface area contributed by atoms with Gasteiger partial charge in [-0.15, -0.1) is 18.3 Å². The maximum Gasteiger partial charge on any atom is 0.573 e. The van der Waals surface area contributed by atoms with Gasteiger partial charge in [-0.25, -0.2) is 0 Å². The molecule has 3 rings (SSSR count). The molecule has 0 aliphatic rings. The molecule has 0 unspecified atom stereocenters. The second kappa shape index (κ2) is 7.14. The molecular formula is C17H11F3N4O2. The van der Waals surface area contributed by atoms with Crippen LogP contribution in [0.4, 0.5) is 13.2 Å². The highest BCUT2D eigenvalue weighted by molar-refractivity contribution is 5.64. The van der Waals surface area contributed by atoms with Crippen molar-refractivity contribution in [1.82, 2.24) is 15.4 Å². The summed E-state index contributed by atoms with van der Waals surface area (Å²) in [4.78, 5) is 0. The molecule has 0 radical (unpaired) electrons. The molecule has 9 heteroatoms. The number of nitrogens with zero attached hydrogens (tertiary/aromatic N) is 3. The predicted octanol–water partition coefficient (Wildman–Crippen LogP) is 3.82. The van der Waals surface area contributed by atoms with Gasteiger partial charge in [-0.3, -0.25) is 0 Å². The van der Waals surface area contributed by atoms with Gasteiger partial charge < -0.3 is 9.47 Å². The van der Waals surface area contributed by atoms with Crippen LogP contribution in [0.1, 0.15) is 11.3 Å². The van der Waals surface area contributed by atoms with Crippen LogP contribution in [0.15, 0.2) is 48.5 Å². The summed E-state index contributed by atoms with van der Waals surface area (Å²) >= 11 is 0. The van der Waals surface area contributed by atoms with Gasteiger partial charge in [0, 0.05) is 5.56 Å². The van der Waals surface area contributed by atoms with Crippen LogP contribution in [0.25, 0.3) is 11.3 Å². The Morgan fingerprint density at radius 2 is 1.77 bits per heavy atom. The van der Waals surface area contributed by atoms with Gasteiger partial charge in [0.25, 0.3) is 0 Å². The van der Waals surface area contributed by atoms with Crippen LogP contribution in [0.3, 0.4) is 0 Å². The lowest BCUT2D eigenvalue weighted by atomic mass is 10.1. The minimum absolute atomic E-state index is 0.184. The number of hydrogen-bond acceptors (Lipinski definition) is 5. The fourth-order valence-electron chi connectivity index (χ4n) is 2.22. The first-order valence-electron chi connectivity index (χ1n) is 7.33. The lowest BCUT2D eigenvalue weighted by Crippen LogP contribution is -2.16. The number of aromatic nitrogens is 3. The monoisotopic (exact) mass is 360 g/mol. The van der Waals surface area contributed by atoms with Gasteiger partial charge in [-0.1, -0.05) is 18.2 Å². The minimum atomic E-state index is -4.73. The van der Waals surface area contributed by atoms with Gasteiger partial charge in [0.1, 0.15) is 29.9 Å². The number of halogens is 3. The number of alkyl halides is 3. The van der Waals surface area contributed by atoms with Crippen LogP contribution in [0.5, 0.6) is 11.5 Å². The molecule has 0 atom stereocenters. The SMILES string of the molecule is N#Cc1n[nH]nc1-c1cccc(COc2ccc(OC(F)(F)F)cc2)c1. The van der Waals surface area contributed by atoms with Gasteiger partial charge in [0.2, 0.25) is 0 Å². The molecule has 0 saturated carbocycles. The second-order valence-corrected chi connectivity index (χ2v) is 5.14. The summed E-state index contributed by atoms with van der Waals surface area (Å²) in [5, 5.41) is 19.1. The Labute approximate surface area is 145 Å². The van der Waals surface area contributed by atoms with Crippen LogP contribution >= 0.6 is 0 Å². The summed E-state index contributed by atoms with van der Waals surface area (Å²) in [6.07, 6.45) is -4.73. The number of nitrogens with one attached hydrogen (secondary N) is 1. The third kappa shape index (κ3) is 4.30. The summed E-state index contributed by atoms with van der Waals surface area (Å²) in [6.45, 7) is 0.188. The van der Waals surface area contributed by atoms with Gasteiger partial charge >= 0.3 is 6.36 Å². The summed E-state index contributed by atoms with van der Waals surface area (Å²) < 4.78 is 45.8. The molecule has 0 spiro atoms. The van der Waals surface area contributed by atoms with Crippen LogP contribution in [-0.4, -0.2) is 21.8 Å². The molecule has 132 valence electrons. The fraction of sp³-hybridized carbons (Fsp3) is 0.118. The van der Waals surface area contributed by atoms with E-state index in [1.807, 2.05) is 12.1 Å². The van der Waals surface area contributed by atoms with Crippen molar-refractivity contribution in [2.75, 3.05) is 0 Å². The third-order valence-electron chi connectivity index (χ3n) is 3.32. The van der Waals surface area contributed by atoms with Crippen molar-refractivity contribution >= 4 is 0 Å². The molecule has 0 saturated heterocycles. The molecule has 0 bridgehead atoms. The largest absolute Gasteiger partial charge is 0.573 e. The molecule has 2 aromatic carbocycles. The zero-order chi connectivity index (χ0) is 18.6. The topological polar surface area (TPSA) is 83.8 Å². The van der Waals surface area contributed by atoms with Crippen LogP contribution in [0, 0.1) is 11.3 Å². The zero-order valence-corrected chi connectivity index (χ0v) is 13.1. The lowest BCUT2D eigenvalue weighted by Gasteiger charge is -2.10. The van der Waals surface area contributed by atoms with Crippen molar-refractivity contribution in [2.24, 2.45) is 0 Å². The summed E-state index contributed by atoms with van der Waals surface area (Å²) in [5.74, 6) is 0.0750. The maximum atomic E-state index is 12.1. The standard InChI is InChI=1S/C17H11F3N4O2/c18-17(19,20)26-14-6-4-13(5-7-14)25-10-11-2-1-3-12(8-11)16-15(9-21)22-24-23-16/h1-8H,10H2,(H,22,23,24). The molecule has 0 amide bonds. The molecule has 26 heavy (non-hydrogen) atoms.